The molecular formula is C20H22FN3O4. The van der Waals surface area contributed by atoms with Gasteiger partial charge in [0.25, 0.3) is 5.69 Å². The number of carbonyl (C=O) groups excluding carboxylic acids is 2. The monoisotopic (exact) mass is 387 g/mol. The molecule has 0 unspecified atom stereocenters. The molecule has 0 aliphatic heterocycles. The molecule has 2 amide bonds. The molecule has 0 aliphatic rings. The molecule has 0 saturated heterocycles. The van der Waals surface area contributed by atoms with E-state index in [4.69, 9.17) is 0 Å². The number of halogens is 1. The second-order valence-electron chi connectivity index (χ2n) is 6.25. The summed E-state index contributed by atoms with van der Waals surface area (Å²) in [6, 6.07) is 11.0. The van der Waals surface area contributed by atoms with Gasteiger partial charge in [-0.3, -0.25) is 19.7 Å². The number of nitro groups is 1. The molecule has 0 fully saturated rings. The van der Waals surface area contributed by atoms with Crippen LogP contribution in [-0.2, 0) is 22.6 Å². The van der Waals surface area contributed by atoms with Gasteiger partial charge in [-0.2, -0.15) is 0 Å². The van der Waals surface area contributed by atoms with Crippen LogP contribution in [0.3, 0.4) is 0 Å². The van der Waals surface area contributed by atoms with Crippen molar-refractivity contribution < 1.29 is 18.9 Å². The third-order valence-electron chi connectivity index (χ3n) is 4.35. The van der Waals surface area contributed by atoms with Crippen molar-refractivity contribution in [1.82, 2.24) is 10.2 Å². The van der Waals surface area contributed by atoms with Crippen LogP contribution in [0.2, 0.25) is 0 Å². The zero-order valence-corrected chi connectivity index (χ0v) is 15.7. The summed E-state index contributed by atoms with van der Waals surface area (Å²) >= 11 is 0. The highest BCUT2D eigenvalue weighted by Gasteiger charge is 2.28. The van der Waals surface area contributed by atoms with Gasteiger partial charge in [-0.25, -0.2) is 4.39 Å². The fraction of sp³-hybridized carbons (Fsp3) is 0.300. The molecular weight excluding hydrogens is 365 g/mol. The van der Waals surface area contributed by atoms with Crippen molar-refractivity contribution in [3.05, 3.63) is 75.6 Å². The van der Waals surface area contributed by atoms with E-state index in [2.05, 4.69) is 5.32 Å². The van der Waals surface area contributed by atoms with Gasteiger partial charge in [0.15, 0.2) is 0 Å². The summed E-state index contributed by atoms with van der Waals surface area (Å²) in [5, 5.41) is 13.8. The largest absolute Gasteiger partial charge is 0.355 e. The summed E-state index contributed by atoms with van der Waals surface area (Å²) in [6.07, 6.45) is -0.269. The summed E-state index contributed by atoms with van der Waals surface area (Å²) in [5.74, 6) is -1.37. The zero-order valence-electron chi connectivity index (χ0n) is 15.7. The van der Waals surface area contributed by atoms with Crippen molar-refractivity contribution in [3.63, 3.8) is 0 Å². The summed E-state index contributed by atoms with van der Waals surface area (Å²) in [4.78, 5) is 37.1. The molecule has 0 radical (unpaired) electrons. The minimum absolute atomic E-state index is 0.121. The fourth-order valence-corrected chi connectivity index (χ4v) is 2.82. The van der Waals surface area contributed by atoms with Crippen molar-refractivity contribution >= 4 is 17.5 Å². The summed E-state index contributed by atoms with van der Waals surface area (Å²) in [5.41, 5.74) is 0.320. The van der Waals surface area contributed by atoms with Gasteiger partial charge in [0, 0.05) is 30.3 Å². The lowest BCUT2D eigenvalue weighted by molar-refractivity contribution is -0.385. The Labute approximate surface area is 162 Å². The number of nitrogens with one attached hydrogen (secondary N) is 1. The van der Waals surface area contributed by atoms with Crippen LogP contribution in [0, 0.1) is 15.9 Å². The fourth-order valence-electron chi connectivity index (χ4n) is 2.82. The number of hydrogen-bond acceptors (Lipinski definition) is 4. The molecule has 0 aliphatic carbocycles. The van der Waals surface area contributed by atoms with Crippen molar-refractivity contribution in [1.29, 1.82) is 0 Å². The maximum Gasteiger partial charge on any atom is 0.273 e. The molecule has 7 nitrogen and oxygen atoms in total. The number of nitro benzene ring substituents is 1. The topological polar surface area (TPSA) is 92.6 Å². The molecule has 8 heteroatoms. The lowest BCUT2D eigenvalue weighted by Gasteiger charge is -2.29. The number of para-hydroxylation sites is 1. The Morgan fingerprint density at radius 1 is 1.14 bits per heavy atom. The summed E-state index contributed by atoms with van der Waals surface area (Å²) in [7, 11) is 0. The molecule has 1 N–H and O–H groups in total. The third kappa shape index (κ3) is 5.12. The van der Waals surface area contributed by atoms with E-state index in [1.807, 2.05) is 0 Å². The zero-order chi connectivity index (χ0) is 20.7. The SMILES string of the molecule is CCNC(=O)[C@@H](C)N(Cc1ccccc1F)C(=O)Cc1ccccc1[N+](=O)[O-]. The van der Waals surface area contributed by atoms with Crippen LogP contribution in [0.25, 0.3) is 0 Å². The van der Waals surface area contributed by atoms with E-state index < -0.39 is 22.7 Å². The van der Waals surface area contributed by atoms with Crippen LogP contribution in [0.5, 0.6) is 0 Å². The van der Waals surface area contributed by atoms with Gasteiger partial charge >= 0.3 is 0 Å². The molecule has 2 rings (SSSR count). The lowest BCUT2D eigenvalue weighted by Crippen LogP contribution is -2.48. The minimum Gasteiger partial charge on any atom is -0.355 e. The predicted molar refractivity (Wildman–Crippen MR) is 102 cm³/mol. The van der Waals surface area contributed by atoms with Gasteiger partial charge in [-0.05, 0) is 19.9 Å². The number of benzene rings is 2. The van der Waals surface area contributed by atoms with Gasteiger partial charge in [0.05, 0.1) is 11.3 Å². The van der Waals surface area contributed by atoms with Gasteiger partial charge in [-0.15, -0.1) is 0 Å². The standard InChI is InChI=1S/C20H22FN3O4/c1-3-22-20(26)14(2)23(13-16-9-4-6-10-17(16)21)19(25)12-15-8-5-7-11-18(15)24(27)28/h4-11,14H,3,12-13H2,1-2H3,(H,22,26)/t14-/m1/s1. The van der Waals surface area contributed by atoms with Crippen LogP contribution in [0.4, 0.5) is 10.1 Å². The maximum atomic E-state index is 14.1. The molecule has 28 heavy (non-hydrogen) atoms. The minimum atomic E-state index is -0.866. The van der Waals surface area contributed by atoms with E-state index in [-0.39, 0.29) is 35.7 Å². The molecule has 0 heterocycles. The van der Waals surface area contributed by atoms with E-state index in [0.717, 1.165) is 0 Å². The van der Waals surface area contributed by atoms with E-state index in [1.165, 1.54) is 41.3 Å². The van der Waals surface area contributed by atoms with Crippen LogP contribution < -0.4 is 5.32 Å². The highest BCUT2D eigenvalue weighted by Crippen LogP contribution is 2.21. The van der Waals surface area contributed by atoms with Gasteiger partial charge in [0.2, 0.25) is 11.8 Å². The van der Waals surface area contributed by atoms with Gasteiger partial charge in [0.1, 0.15) is 11.9 Å². The first-order valence-electron chi connectivity index (χ1n) is 8.88. The second-order valence-corrected chi connectivity index (χ2v) is 6.25. The first-order chi connectivity index (χ1) is 13.3. The first-order valence-corrected chi connectivity index (χ1v) is 8.88. The maximum absolute atomic E-state index is 14.1. The normalized spacial score (nSPS) is 11.5. The Bertz CT molecular complexity index is 872. The smallest absolute Gasteiger partial charge is 0.273 e. The van der Waals surface area contributed by atoms with Gasteiger partial charge in [-0.1, -0.05) is 36.4 Å². The average Bonchev–Trinajstić information content (AvgIpc) is 2.67. The number of hydrogen-bond donors (Lipinski definition) is 1. The van der Waals surface area contributed by atoms with Crippen molar-refractivity contribution in [3.8, 4) is 0 Å². The number of likely N-dealkylation sites (N-methyl/N-ethyl adjacent to an activating group) is 1. The molecule has 2 aromatic carbocycles. The van der Waals surface area contributed by atoms with Crippen molar-refractivity contribution in [2.75, 3.05) is 6.54 Å². The number of amides is 2. The second kappa shape index (κ2) is 9.59. The molecule has 0 aromatic heterocycles. The summed E-state index contributed by atoms with van der Waals surface area (Å²) < 4.78 is 14.1. The molecule has 0 spiro atoms. The molecule has 148 valence electrons. The van der Waals surface area contributed by atoms with Crippen LogP contribution in [-0.4, -0.2) is 34.2 Å². The van der Waals surface area contributed by atoms with E-state index in [9.17, 15) is 24.1 Å². The quantitative estimate of drug-likeness (QED) is 0.557. The van der Waals surface area contributed by atoms with E-state index in [0.29, 0.717) is 6.54 Å². The first kappa shape index (κ1) is 21.0. The molecule has 1 atom stereocenters. The van der Waals surface area contributed by atoms with E-state index in [1.54, 1.807) is 26.0 Å². The van der Waals surface area contributed by atoms with Crippen molar-refractivity contribution in [2.45, 2.75) is 32.9 Å². The Morgan fingerprint density at radius 2 is 1.75 bits per heavy atom. The predicted octanol–water partition coefficient (Wildman–Crippen LogP) is 2.83. The number of rotatable bonds is 8. The molecule has 0 bridgehead atoms. The summed E-state index contributed by atoms with van der Waals surface area (Å²) in [6.45, 7) is 3.56. The highest BCUT2D eigenvalue weighted by atomic mass is 19.1. The van der Waals surface area contributed by atoms with Crippen LogP contribution in [0.1, 0.15) is 25.0 Å². The van der Waals surface area contributed by atoms with Crippen LogP contribution in [0.15, 0.2) is 48.5 Å². The van der Waals surface area contributed by atoms with E-state index >= 15 is 0 Å². The van der Waals surface area contributed by atoms with Crippen molar-refractivity contribution in [2.24, 2.45) is 0 Å². The average molecular weight is 387 g/mol. The third-order valence-corrected chi connectivity index (χ3v) is 4.35. The Balaban J connectivity index is 2.32. The van der Waals surface area contributed by atoms with Gasteiger partial charge < -0.3 is 10.2 Å². The Morgan fingerprint density at radius 3 is 2.36 bits per heavy atom. The lowest BCUT2D eigenvalue weighted by atomic mass is 10.1. The Hall–Kier alpha value is -3.29. The molecule has 0 saturated carbocycles. The molecule has 2 aromatic rings. The number of carbonyl (C=O) groups is 2. The van der Waals surface area contributed by atoms with Crippen LogP contribution >= 0.6 is 0 Å². The number of nitrogens with zero attached hydrogens (tertiary/aromatic N) is 2. The highest BCUT2D eigenvalue weighted by molar-refractivity contribution is 5.88. The Kier molecular flexibility index (Phi) is 7.20.